The Morgan fingerprint density at radius 3 is 2.53 bits per heavy atom. The van der Waals surface area contributed by atoms with Crippen LogP contribution in [-0.4, -0.2) is 10.9 Å². The summed E-state index contributed by atoms with van der Waals surface area (Å²) in [6.45, 7) is 1.95. The van der Waals surface area contributed by atoms with Crippen LogP contribution in [-0.2, 0) is 4.79 Å². The Balaban J connectivity index is 2.69. The van der Waals surface area contributed by atoms with Crippen LogP contribution in [0.15, 0.2) is 24.3 Å². The summed E-state index contributed by atoms with van der Waals surface area (Å²) < 4.78 is 12.7. The average molecular weight is 254 g/mol. The second-order valence-electron chi connectivity index (χ2n) is 3.74. The smallest absolute Gasteiger partial charge is 0.234 e. The SMILES string of the molecule is CCCC(C(=O)Nc1ccc(F)cc1)C(N)=S. The maximum atomic E-state index is 12.7. The van der Waals surface area contributed by atoms with Crippen LogP contribution in [0.1, 0.15) is 19.8 Å². The molecule has 5 heteroatoms. The molecule has 0 saturated heterocycles. The molecule has 0 aliphatic carbocycles. The van der Waals surface area contributed by atoms with E-state index in [9.17, 15) is 9.18 Å². The molecule has 0 saturated carbocycles. The topological polar surface area (TPSA) is 55.1 Å². The van der Waals surface area contributed by atoms with Crippen molar-refractivity contribution in [1.82, 2.24) is 0 Å². The quantitative estimate of drug-likeness (QED) is 0.794. The van der Waals surface area contributed by atoms with E-state index in [1.807, 2.05) is 6.92 Å². The van der Waals surface area contributed by atoms with Crippen LogP contribution in [0.2, 0.25) is 0 Å². The van der Waals surface area contributed by atoms with Gasteiger partial charge >= 0.3 is 0 Å². The monoisotopic (exact) mass is 254 g/mol. The highest BCUT2D eigenvalue weighted by atomic mass is 32.1. The van der Waals surface area contributed by atoms with Crippen LogP contribution < -0.4 is 11.1 Å². The number of carbonyl (C=O) groups excluding carboxylic acids is 1. The van der Waals surface area contributed by atoms with Crippen LogP contribution >= 0.6 is 12.2 Å². The number of hydrogen-bond acceptors (Lipinski definition) is 2. The van der Waals surface area contributed by atoms with Gasteiger partial charge in [0.1, 0.15) is 5.82 Å². The molecular weight excluding hydrogens is 239 g/mol. The highest BCUT2D eigenvalue weighted by Crippen LogP contribution is 2.13. The van der Waals surface area contributed by atoms with E-state index in [-0.39, 0.29) is 16.7 Å². The third kappa shape index (κ3) is 4.11. The summed E-state index contributed by atoms with van der Waals surface area (Å²) in [5, 5.41) is 2.66. The van der Waals surface area contributed by atoms with Crippen LogP contribution in [0.4, 0.5) is 10.1 Å². The van der Waals surface area contributed by atoms with Crippen molar-refractivity contribution in [3.05, 3.63) is 30.1 Å². The zero-order valence-electron chi connectivity index (χ0n) is 9.57. The van der Waals surface area contributed by atoms with E-state index in [2.05, 4.69) is 5.32 Å². The lowest BCUT2D eigenvalue weighted by molar-refractivity contribution is -0.118. The Bertz CT molecular complexity index is 405. The van der Waals surface area contributed by atoms with Crippen molar-refractivity contribution in [2.24, 2.45) is 11.7 Å². The minimum absolute atomic E-state index is 0.187. The number of carbonyl (C=O) groups is 1. The zero-order chi connectivity index (χ0) is 12.8. The minimum Gasteiger partial charge on any atom is -0.393 e. The van der Waals surface area contributed by atoms with Crippen LogP contribution in [0.5, 0.6) is 0 Å². The Morgan fingerprint density at radius 2 is 2.06 bits per heavy atom. The largest absolute Gasteiger partial charge is 0.393 e. The first kappa shape index (κ1) is 13.6. The van der Waals surface area contributed by atoms with Crippen molar-refractivity contribution < 1.29 is 9.18 Å². The van der Waals surface area contributed by atoms with Crippen molar-refractivity contribution in [2.45, 2.75) is 19.8 Å². The molecule has 0 heterocycles. The molecule has 0 fully saturated rings. The number of nitrogens with two attached hydrogens (primary N) is 1. The van der Waals surface area contributed by atoms with Crippen LogP contribution in [0, 0.1) is 11.7 Å². The average Bonchev–Trinajstić information content (AvgIpc) is 2.28. The van der Waals surface area contributed by atoms with E-state index in [1.165, 1.54) is 24.3 Å². The first-order valence-corrected chi connectivity index (χ1v) is 5.81. The van der Waals surface area contributed by atoms with E-state index in [0.29, 0.717) is 12.1 Å². The number of hydrogen-bond donors (Lipinski definition) is 2. The standard InChI is InChI=1S/C12H15FN2OS/c1-2-3-10(11(14)17)12(16)15-9-6-4-8(13)5-7-9/h4-7,10H,2-3H2,1H3,(H2,14,17)(H,15,16). The van der Waals surface area contributed by atoms with E-state index in [0.717, 1.165) is 6.42 Å². The summed E-state index contributed by atoms with van der Waals surface area (Å²) in [6, 6.07) is 5.56. The normalized spacial score (nSPS) is 11.9. The molecule has 92 valence electrons. The molecule has 17 heavy (non-hydrogen) atoms. The minimum atomic E-state index is -0.472. The zero-order valence-corrected chi connectivity index (χ0v) is 10.4. The van der Waals surface area contributed by atoms with E-state index in [1.54, 1.807) is 0 Å². The summed E-state index contributed by atoms with van der Waals surface area (Å²) in [4.78, 5) is 12.0. The fraction of sp³-hybridized carbons (Fsp3) is 0.333. The molecule has 0 aliphatic rings. The van der Waals surface area contributed by atoms with Gasteiger partial charge in [0.05, 0.1) is 10.9 Å². The van der Waals surface area contributed by atoms with Gasteiger partial charge in [-0.3, -0.25) is 4.79 Å². The van der Waals surface area contributed by atoms with E-state index in [4.69, 9.17) is 18.0 Å². The number of thiocarbonyl (C=S) groups is 1. The molecule has 1 aromatic rings. The lowest BCUT2D eigenvalue weighted by Crippen LogP contribution is -2.33. The molecule has 1 unspecified atom stereocenters. The van der Waals surface area contributed by atoms with Crippen LogP contribution in [0.25, 0.3) is 0 Å². The van der Waals surface area contributed by atoms with Gasteiger partial charge in [0, 0.05) is 5.69 Å². The van der Waals surface area contributed by atoms with Crippen molar-refractivity contribution in [1.29, 1.82) is 0 Å². The van der Waals surface area contributed by atoms with E-state index >= 15 is 0 Å². The van der Waals surface area contributed by atoms with Gasteiger partial charge in [0.15, 0.2) is 0 Å². The third-order valence-corrected chi connectivity index (χ3v) is 2.63. The molecule has 3 nitrogen and oxygen atoms in total. The molecule has 0 aliphatic heterocycles. The first-order chi connectivity index (χ1) is 8.04. The molecule has 0 spiro atoms. The summed E-state index contributed by atoms with van der Waals surface area (Å²) in [5.74, 6) is -1.06. The molecule has 1 amide bonds. The fourth-order valence-electron chi connectivity index (χ4n) is 1.45. The van der Waals surface area contributed by atoms with Crippen molar-refractivity contribution in [3.8, 4) is 0 Å². The summed E-state index contributed by atoms with van der Waals surface area (Å²) >= 11 is 4.85. The van der Waals surface area contributed by atoms with Gasteiger partial charge in [0.25, 0.3) is 0 Å². The molecule has 3 N–H and O–H groups in total. The van der Waals surface area contributed by atoms with Gasteiger partial charge in [-0.1, -0.05) is 25.6 Å². The van der Waals surface area contributed by atoms with Crippen molar-refractivity contribution in [3.63, 3.8) is 0 Å². The number of halogens is 1. The van der Waals surface area contributed by atoms with Crippen molar-refractivity contribution >= 4 is 28.8 Å². The van der Waals surface area contributed by atoms with Crippen LogP contribution in [0.3, 0.4) is 0 Å². The highest BCUT2D eigenvalue weighted by molar-refractivity contribution is 7.80. The molecule has 0 radical (unpaired) electrons. The molecule has 1 rings (SSSR count). The van der Waals surface area contributed by atoms with Crippen molar-refractivity contribution in [2.75, 3.05) is 5.32 Å². The molecule has 0 aromatic heterocycles. The van der Waals surface area contributed by atoms with Gasteiger partial charge < -0.3 is 11.1 Å². The molecule has 1 atom stereocenters. The maximum absolute atomic E-state index is 12.7. The number of rotatable bonds is 5. The molecule has 0 bridgehead atoms. The van der Waals surface area contributed by atoms with E-state index < -0.39 is 5.92 Å². The van der Waals surface area contributed by atoms with Gasteiger partial charge in [-0.15, -0.1) is 0 Å². The predicted octanol–water partition coefficient (Wildman–Crippen LogP) is 2.47. The van der Waals surface area contributed by atoms with Gasteiger partial charge in [-0.2, -0.15) is 0 Å². The number of anilines is 1. The van der Waals surface area contributed by atoms with Gasteiger partial charge in [-0.05, 0) is 30.7 Å². The lowest BCUT2D eigenvalue weighted by Gasteiger charge is -2.14. The third-order valence-electron chi connectivity index (χ3n) is 2.35. The Morgan fingerprint density at radius 1 is 1.47 bits per heavy atom. The summed E-state index contributed by atoms with van der Waals surface area (Å²) in [7, 11) is 0. The number of nitrogens with one attached hydrogen (secondary N) is 1. The first-order valence-electron chi connectivity index (χ1n) is 5.40. The number of benzene rings is 1. The Hall–Kier alpha value is -1.49. The summed E-state index contributed by atoms with van der Waals surface area (Å²) in [5.41, 5.74) is 6.05. The Kier molecular flexibility index (Phi) is 5.03. The molecule has 1 aromatic carbocycles. The maximum Gasteiger partial charge on any atom is 0.234 e. The van der Waals surface area contributed by atoms with Gasteiger partial charge in [0.2, 0.25) is 5.91 Å². The fourth-order valence-corrected chi connectivity index (χ4v) is 1.68. The Labute approximate surface area is 105 Å². The highest BCUT2D eigenvalue weighted by Gasteiger charge is 2.20. The summed E-state index contributed by atoms with van der Waals surface area (Å²) in [6.07, 6.45) is 1.43. The second kappa shape index (κ2) is 6.30. The predicted molar refractivity (Wildman–Crippen MR) is 70.2 cm³/mol. The number of amides is 1. The second-order valence-corrected chi connectivity index (χ2v) is 4.21. The van der Waals surface area contributed by atoms with Gasteiger partial charge in [-0.25, -0.2) is 4.39 Å². The molecular formula is C12H15FN2OS. The lowest BCUT2D eigenvalue weighted by atomic mass is 10.0.